The van der Waals surface area contributed by atoms with E-state index in [1.807, 2.05) is 0 Å². The molecule has 0 amide bonds. The molecule has 7 nitrogen and oxygen atoms in total. The van der Waals surface area contributed by atoms with E-state index in [2.05, 4.69) is 0 Å². The fourth-order valence-corrected chi connectivity index (χ4v) is 4.29. The third kappa shape index (κ3) is 6.80. The van der Waals surface area contributed by atoms with E-state index >= 15 is 0 Å². The quantitative estimate of drug-likeness (QED) is 0.436. The summed E-state index contributed by atoms with van der Waals surface area (Å²) in [5, 5.41) is 0. The van der Waals surface area contributed by atoms with Crippen molar-refractivity contribution in [1.82, 2.24) is 0 Å². The van der Waals surface area contributed by atoms with Crippen molar-refractivity contribution in [3.8, 4) is 17.2 Å². The van der Waals surface area contributed by atoms with Gasteiger partial charge < -0.3 is 24.3 Å². The number of carbonyl (C=O) groups excluding carboxylic acids is 1. The van der Waals surface area contributed by atoms with Crippen LogP contribution in [0, 0.1) is 0 Å². The lowest BCUT2D eigenvalue weighted by Crippen LogP contribution is -2.40. The molecule has 0 bridgehead atoms. The highest BCUT2D eigenvalue weighted by Crippen LogP contribution is 2.51. The lowest BCUT2D eigenvalue weighted by molar-refractivity contribution is -0.137. The number of Topliss-reactive ketones (excluding diaryl/α,β-unsaturated/α-hetero) is 1. The summed E-state index contributed by atoms with van der Waals surface area (Å²) in [7, 11) is -3.83. The van der Waals surface area contributed by atoms with Gasteiger partial charge in [-0.25, -0.2) is 0 Å². The van der Waals surface area contributed by atoms with Crippen LogP contribution in [-0.2, 0) is 24.6 Å². The Bertz CT molecular complexity index is 924. The van der Waals surface area contributed by atoms with Crippen molar-refractivity contribution in [2.45, 2.75) is 38.8 Å². The highest BCUT2D eigenvalue weighted by atomic mass is 31.2. The Hall–Kier alpha value is -2.39. The average molecular weight is 475 g/mol. The zero-order chi connectivity index (χ0) is 23.9. The molecule has 0 aliphatic carbocycles. The zero-order valence-corrected chi connectivity index (χ0v) is 18.7. The van der Waals surface area contributed by atoms with Gasteiger partial charge in [-0.2, -0.15) is 13.2 Å². The van der Waals surface area contributed by atoms with Crippen LogP contribution in [-0.4, -0.2) is 30.9 Å². The number of hydrogen-bond acceptors (Lipinski definition) is 7. The number of ether oxygens (including phenoxy) is 2. The number of ketones is 1. The Morgan fingerprint density at radius 3 is 1.81 bits per heavy atom. The van der Waals surface area contributed by atoms with E-state index in [0.29, 0.717) is 11.5 Å². The highest BCUT2D eigenvalue weighted by molar-refractivity contribution is 7.55. The summed E-state index contributed by atoms with van der Waals surface area (Å²) in [6.45, 7) is 4.80. The Morgan fingerprint density at radius 1 is 0.938 bits per heavy atom. The molecule has 0 saturated heterocycles. The second kappa shape index (κ2) is 11.0. The predicted octanol–water partition coefficient (Wildman–Crippen LogP) is 5.39. The molecule has 2 unspecified atom stereocenters. The summed E-state index contributed by atoms with van der Waals surface area (Å²) in [5.74, 6) is -1.27. The van der Waals surface area contributed by atoms with E-state index in [1.54, 1.807) is 13.8 Å². The first-order valence-corrected chi connectivity index (χ1v) is 11.4. The third-order valence-corrected chi connectivity index (χ3v) is 6.38. The molecule has 0 spiro atoms. The standard InChI is InChI=1S/C21H25F3NO6P/c1-4-28-32(27,29-5-2)20(25)19(26)14(3)30-16-10-12-18(13-11-16)31-17-8-6-15(7-9-17)21(22,23)24/h6-14,20H,4-5,25H2,1-3H3. The fraction of sp³-hybridized carbons (Fsp3) is 0.381. The molecule has 0 fully saturated rings. The minimum absolute atomic E-state index is 0.0634. The largest absolute Gasteiger partial charge is 0.483 e. The smallest absolute Gasteiger partial charge is 0.416 e. The molecule has 0 aliphatic heterocycles. The Morgan fingerprint density at radius 2 is 1.38 bits per heavy atom. The van der Waals surface area contributed by atoms with E-state index in [9.17, 15) is 22.5 Å². The van der Waals surface area contributed by atoms with Gasteiger partial charge in [0, 0.05) is 0 Å². The number of carbonyl (C=O) groups is 1. The minimum atomic E-state index is -4.42. The van der Waals surface area contributed by atoms with Gasteiger partial charge in [-0.1, -0.05) is 0 Å². The molecule has 0 aromatic heterocycles. The average Bonchev–Trinajstić information content (AvgIpc) is 2.74. The molecule has 2 atom stereocenters. The fourth-order valence-electron chi connectivity index (χ4n) is 2.65. The van der Waals surface area contributed by atoms with Crippen molar-refractivity contribution in [3.05, 3.63) is 54.1 Å². The van der Waals surface area contributed by atoms with Crippen LogP contribution in [0.25, 0.3) is 0 Å². The third-order valence-electron chi connectivity index (χ3n) is 4.20. The van der Waals surface area contributed by atoms with Gasteiger partial charge in [0.25, 0.3) is 0 Å². The topological polar surface area (TPSA) is 97.1 Å². The van der Waals surface area contributed by atoms with Crippen LogP contribution >= 0.6 is 7.60 Å². The Balaban J connectivity index is 2.00. The first-order chi connectivity index (χ1) is 15.0. The van der Waals surface area contributed by atoms with Crippen molar-refractivity contribution < 1.29 is 41.1 Å². The lowest BCUT2D eigenvalue weighted by atomic mass is 10.2. The van der Waals surface area contributed by atoms with Gasteiger partial charge in [0.2, 0.25) is 5.78 Å². The number of rotatable bonds is 11. The molecule has 2 N–H and O–H groups in total. The van der Waals surface area contributed by atoms with Gasteiger partial charge in [0.15, 0.2) is 11.9 Å². The lowest BCUT2D eigenvalue weighted by Gasteiger charge is -2.24. The summed E-state index contributed by atoms with van der Waals surface area (Å²) < 4.78 is 71.8. The molecule has 0 radical (unpaired) electrons. The van der Waals surface area contributed by atoms with E-state index in [0.717, 1.165) is 12.1 Å². The van der Waals surface area contributed by atoms with Crippen molar-refractivity contribution >= 4 is 13.4 Å². The van der Waals surface area contributed by atoms with Crippen molar-refractivity contribution in [2.75, 3.05) is 13.2 Å². The highest BCUT2D eigenvalue weighted by Gasteiger charge is 2.40. The molecule has 0 heterocycles. The van der Waals surface area contributed by atoms with Crippen molar-refractivity contribution in [1.29, 1.82) is 0 Å². The predicted molar refractivity (Wildman–Crippen MR) is 112 cm³/mol. The van der Waals surface area contributed by atoms with Gasteiger partial charge in [0.1, 0.15) is 17.2 Å². The van der Waals surface area contributed by atoms with Crippen molar-refractivity contribution in [2.24, 2.45) is 5.73 Å². The molecule has 0 aliphatic rings. The Kier molecular flexibility index (Phi) is 8.86. The van der Waals surface area contributed by atoms with E-state index < -0.39 is 37.0 Å². The molecular formula is C21H25F3NO6P. The minimum Gasteiger partial charge on any atom is -0.483 e. The van der Waals surface area contributed by atoms with Crippen LogP contribution in [0.4, 0.5) is 13.2 Å². The maximum Gasteiger partial charge on any atom is 0.416 e. The summed E-state index contributed by atoms with van der Waals surface area (Å²) >= 11 is 0. The monoisotopic (exact) mass is 475 g/mol. The number of benzene rings is 2. The first kappa shape index (κ1) is 25.9. The van der Waals surface area contributed by atoms with Crippen LogP contribution in [0.15, 0.2) is 48.5 Å². The van der Waals surface area contributed by atoms with Crippen LogP contribution in [0.3, 0.4) is 0 Å². The number of halogens is 3. The van der Waals surface area contributed by atoms with Crippen LogP contribution in [0.1, 0.15) is 26.3 Å². The second-order valence-corrected chi connectivity index (χ2v) is 8.73. The van der Waals surface area contributed by atoms with E-state index in [4.69, 9.17) is 24.3 Å². The first-order valence-electron chi connectivity index (χ1n) is 9.80. The molecule has 2 rings (SSSR count). The molecule has 0 saturated carbocycles. The number of nitrogens with two attached hydrogens (primary N) is 1. The van der Waals surface area contributed by atoms with Gasteiger partial charge in [-0.05, 0) is 69.3 Å². The van der Waals surface area contributed by atoms with Gasteiger partial charge >= 0.3 is 13.8 Å². The van der Waals surface area contributed by atoms with Gasteiger partial charge in [0.05, 0.1) is 18.8 Å². The van der Waals surface area contributed by atoms with Crippen LogP contribution < -0.4 is 15.2 Å². The van der Waals surface area contributed by atoms with Crippen LogP contribution in [0.2, 0.25) is 0 Å². The normalized spacial score (nSPS) is 14.0. The Labute approximate surface area is 184 Å². The molecule has 2 aromatic carbocycles. The van der Waals surface area contributed by atoms with E-state index in [1.165, 1.54) is 43.3 Å². The SMILES string of the molecule is CCOP(=O)(OCC)C(N)C(=O)C(C)Oc1ccc(Oc2ccc(C(F)(F)F)cc2)cc1. The van der Waals surface area contributed by atoms with Crippen molar-refractivity contribution in [3.63, 3.8) is 0 Å². The second-order valence-electron chi connectivity index (χ2n) is 6.58. The molecule has 32 heavy (non-hydrogen) atoms. The van der Waals surface area contributed by atoms with Crippen LogP contribution in [0.5, 0.6) is 17.2 Å². The van der Waals surface area contributed by atoms with Gasteiger partial charge in [-0.3, -0.25) is 9.36 Å². The number of alkyl halides is 3. The maximum absolute atomic E-state index is 12.7. The zero-order valence-electron chi connectivity index (χ0n) is 17.8. The molecular weight excluding hydrogens is 450 g/mol. The molecule has 11 heteroatoms. The summed E-state index contributed by atoms with van der Waals surface area (Å²) in [5.41, 5.74) is 5.06. The summed E-state index contributed by atoms with van der Waals surface area (Å²) in [6, 6.07) is 10.3. The summed E-state index contributed by atoms with van der Waals surface area (Å²) in [4.78, 5) is 12.6. The maximum atomic E-state index is 12.7. The molecule has 176 valence electrons. The van der Waals surface area contributed by atoms with Gasteiger partial charge in [-0.15, -0.1) is 0 Å². The number of hydrogen-bond donors (Lipinski definition) is 1. The summed E-state index contributed by atoms with van der Waals surface area (Å²) in [6.07, 6.45) is -5.46. The van der Waals surface area contributed by atoms with E-state index in [-0.39, 0.29) is 19.0 Å². The molecule has 2 aromatic rings.